The standard InChI is InChI=1S/C24H28N4O3S/c1-16(2)14-28(3)24(30)31-15-18-6-8-19-20(12-25)23(32-21(19)11-18)27-22(29)9-7-17-5-4-10-26-13-17/h4-5,7,9-10,13,16,18H,6,8,11,14-15H2,1-3H3,(H,27,29)/b9-7+. The predicted octanol–water partition coefficient (Wildman–Crippen LogP) is 4.50. The van der Waals surface area contributed by atoms with Crippen LogP contribution in [0, 0.1) is 23.2 Å². The third-order valence-corrected chi connectivity index (χ3v) is 6.39. The highest BCUT2D eigenvalue weighted by atomic mass is 32.1. The van der Waals surface area contributed by atoms with Crippen LogP contribution in [0.2, 0.25) is 0 Å². The van der Waals surface area contributed by atoms with Crippen LogP contribution < -0.4 is 5.32 Å². The van der Waals surface area contributed by atoms with Gasteiger partial charge in [0.25, 0.3) is 0 Å². The van der Waals surface area contributed by atoms with Crippen molar-refractivity contribution in [2.45, 2.75) is 33.1 Å². The van der Waals surface area contributed by atoms with Crippen LogP contribution in [0.3, 0.4) is 0 Å². The summed E-state index contributed by atoms with van der Waals surface area (Å²) in [6.45, 7) is 5.13. The van der Waals surface area contributed by atoms with Gasteiger partial charge in [-0.15, -0.1) is 11.3 Å². The molecule has 2 heterocycles. The molecule has 2 aromatic heterocycles. The van der Waals surface area contributed by atoms with Crippen molar-refractivity contribution < 1.29 is 14.3 Å². The zero-order valence-corrected chi connectivity index (χ0v) is 19.4. The van der Waals surface area contributed by atoms with Gasteiger partial charge in [0.05, 0.1) is 12.2 Å². The van der Waals surface area contributed by atoms with Gasteiger partial charge in [-0.2, -0.15) is 5.26 Å². The fraction of sp³-hybridized carbons (Fsp3) is 0.417. The summed E-state index contributed by atoms with van der Waals surface area (Å²) < 4.78 is 5.50. The first-order chi connectivity index (χ1) is 15.4. The topological polar surface area (TPSA) is 95.3 Å². The first kappa shape index (κ1) is 23.5. The van der Waals surface area contributed by atoms with Crippen LogP contribution >= 0.6 is 11.3 Å². The normalized spacial score (nSPS) is 15.3. The Balaban J connectivity index is 1.60. The van der Waals surface area contributed by atoms with Crippen LogP contribution in [0.25, 0.3) is 6.08 Å². The van der Waals surface area contributed by atoms with Crippen LogP contribution in [-0.4, -0.2) is 42.1 Å². The second-order valence-electron chi connectivity index (χ2n) is 8.39. The Labute approximate surface area is 192 Å². The molecule has 1 unspecified atom stereocenters. The molecule has 0 aliphatic heterocycles. The average Bonchev–Trinajstić information content (AvgIpc) is 3.12. The van der Waals surface area contributed by atoms with Crippen molar-refractivity contribution in [3.63, 3.8) is 0 Å². The quantitative estimate of drug-likeness (QED) is 0.624. The molecule has 0 radical (unpaired) electrons. The molecule has 1 N–H and O–H groups in total. The minimum Gasteiger partial charge on any atom is -0.449 e. The molecule has 0 fully saturated rings. The summed E-state index contributed by atoms with van der Waals surface area (Å²) in [7, 11) is 1.75. The highest BCUT2D eigenvalue weighted by molar-refractivity contribution is 7.16. The number of nitrogens with one attached hydrogen (secondary N) is 1. The van der Waals surface area contributed by atoms with E-state index in [0.29, 0.717) is 29.6 Å². The first-order valence-corrected chi connectivity index (χ1v) is 11.5. The lowest BCUT2D eigenvalue weighted by Gasteiger charge is -2.24. The molecule has 0 saturated carbocycles. The summed E-state index contributed by atoms with van der Waals surface area (Å²) in [5, 5.41) is 13.1. The average molecular weight is 453 g/mol. The number of pyridine rings is 1. The third-order valence-electron chi connectivity index (χ3n) is 5.22. The molecule has 168 valence electrons. The zero-order chi connectivity index (χ0) is 23.1. The molecular weight excluding hydrogens is 424 g/mol. The predicted molar refractivity (Wildman–Crippen MR) is 125 cm³/mol. The third kappa shape index (κ3) is 6.17. The van der Waals surface area contributed by atoms with Crippen molar-refractivity contribution in [2.75, 3.05) is 25.5 Å². The van der Waals surface area contributed by atoms with E-state index in [9.17, 15) is 14.9 Å². The van der Waals surface area contributed by atoms with Gasteiger partial charge in [-0.1, -0.05) is 19.9 Å². The van der Waals surface area contributed by atoms with E-state index in [2.05, 4.69) is 30.2 Å². The van der Waals surface area contributed by atoms with E-state index in [4.69, 9.17) is 4.74 Å². The van der Waals surface area contributed by atoms with Gasteiger partial charge < -0.3 is 15.0 Å². The number of carbonyl (C=O) groups excluding carboxylic acids is 2. The van der Waals surface area contributed by atoms with E-state index in [1.165, 1.54) is 17.4 Å². The molecule has 1 atom stereocenters. The Morgan fingerprint density at radius 2 is 2.28 bits per heavy atom. The molecule has 2 amide bonds. The van der Waals surface area contributed by atoms with Crippen molar-refractivity contribution in [1.29, 1.82) is 5.26 Å². The number of thiophene rings is 1. The van der Waals surface area contributed by atoms with Crippen LogP contribution in [0.4, 0.5) is 9.80 Å². The fourth-order valence-electron chi connectivity index (χ4n) is 3.72. The maximum atomic E-state index is 12.4. The highest BCUT2D eigenvalue weighted by Gasteiger charge is 2.27. The van der Waals surface area contributed by atoms with E-state index >= 15 is 0 Å². The maximum Gasteiger partial charge on any atom is 0.409 e. The monoisotopic (exact) mass is 452 g/mol. The largest absolute Gasteiger partial charge is 0.449 e. The minimum atomic E-state index is -0.304. The van der Waals surface area contributed by atoms with Crippen molar-refractivity contribution in [3.8, 4) is 6.07 Å². The summed E-state index contributed by atoms with van der Waals surface area (Å²) in [6.07, 6.45) is 8.47. The Morgan fingerprint density at radius 3 is 2.97 bits per heavy atom. The van der Waals surface area contributed by atoms with Gasteiger partial charge >= 0.3 is 6.09 Å². The molecule has 1 aliphatic carbocycles. The van der Waals surface area contributed by atoms with Gasteiger partial charge in [0.15, 0.2) is 0 Å². The van der Waals surface area contributed by atoms with Gasteiger partial charge in [-0.3, -0.25) is 9.78 Å². The van der Waals surface area contributed by atoms with Crippen molar-refractivity contribution in [2.24, 2.45) is 11.8 Å². The SMILES string of the molecule is CC(C)CN(C)C(=O)OCC1CCc2c(sc(NC(=O)/C=C/c3cccnc3)c2C#N)C1. The maximum absolute atomic E-state index is 12.4. The van der Waals surface area contributed by atoms with Gasteiger partial charge in [-0.25, -0.2) is 4.79 Å². The number of carbonyl (C=O) groups is 2. The zero-order valence-electron chi connectivity index (χ0n) is 18.6. The van der Waals surface area contributed by atoms with Gasteiger partial charge in [0.2, 0.25) is 5.91 Å². The smallest absolute Gasteiger partial charge is 0.409 e. The van der Waals surface area contributed by atoms with Gasteiger partial charge in [0, 0.05) is 36.9 Å². The molecule has 3 rings (SSSR count). The van der Waals surface area contributed by atoms with Crippen LogP contribution in [0.15, 0.2) is 30.6 Å². The van der Waals surface area contributed by atoms with Crippen LogP contribution in [-0.2, 0) is 22.4 Å². The summed E-state index contributed by atoms with van der Waals surface area (Å²) >= 11 is 1.44. The number of amides is 2. The Hall–Kier alpha value is -3.18. The molecule has 2 aromatic rings. The number of hydrogen-bond donors (Lipinski definition) is 1. The number of ether oxygens (including phenoxy) is 1. The Morgan fingerprint density at radius 1 is 1.47 bits per heavy atom. The summed E-state index contributed by atoms with van der Waals surface area (Å²) in [5.41, 5.74) is 2.37. The number of nitrogens with zero attached hydrogens (tertiary/aromatic N) is 3. The minimum absolute atomic E-state index is 0.207. The molecule has 7 nitrogen and oxygen atoms in total. The van der Waals surface area contributed by atoms with Crippen LogP contribution in [0.1, 0.15) is 41.8 Å². The number of hydrogen-bond acceptors (Lipinski definition) is 6. The van der Waals surface area contributed by atoms with E-state index < -0.39 is 0 Å². The lowest BCUT2D eigenvalue weighted by atomic mass is 9.88. The number of aromatic nitrogens is 1. The second-order valence-corrected chi connectivity index (χ2v) is 9.49. The number of nitriles is 1. The first-order valence-electron chi connectivity index (χ1n) is 10.7. The number of fused-ring (bicyclic) bond motifs is 1. The summed E-state index contributed by atoms with van der Waals surface area (Å²) in [4.78, 5) is 31.2. The lowest BCUT2D eigenvalue weighted by Crippen LogP contribution is -2.32. The van der Waals surface area contributed by atoms with Crippen molar-refractivity contribution >= 4 is 34.4 Å². The van der Waals surface area contributed by atoms with E-state index in [1.54, 1.807) is 36.5 Å². The molecule has 32 heavy (non-hydrogen) atoms. The number of anilines is 1. The molecular formula is C24H28N4O3S. The summed E-state index contributed by atoms with van der Waals surface area (Å²) in [5.74, 6) is 0.300. The Kier molecular flexibility index (Phi) is 8.01. The van der Waals surface area contributed by atoms with E-state index in [1.807, 2.05) is 6.07 Å². The van der Waals surface area contributed by atoms with E-state index in [-0.39, 0.29) is 17.9 Å². The van der Waals surface area contributed by atoms with Crippen molar-refractivity contribution in [1.82, 2.24) is 9.88 Å². The Bertz CT molecular complexity index is 1020. The molecule has 8 heteroatoms. The molecule has 0 spiro atoms. The van der Waals surface area contributed by atoms with Crippen molar-refractivity contribution in [3.05, 3.63) is 52.2 Å². The van der Waals surface area contributed by atoms with Crippen LogP contribution in [0.5, 0.6) is 0 Å². The van der Waals surface area contributed by atoms with Gasteiger partial charge in [-0.05, 0) is 54.4 Å². The van der Waals surface area contributed by atoms with E-state index in [0.717, 1.165) is 35.3 Å². The molecule has 0 bridgehead atoms. The number of rotatable bonds is 7. The second kappa shape index (κ2) is 10.9. The highest BCUT2D eigenvalue weighted by Crippen LogP contribution is 2.39. The summed E-state index contributed by atoms with van der Waals surface area (Å²) in [6, 6.07) is 5.91. The molecule has 0 aromatic carbocycles. The fourth-order valence-corrected chi connectivity index (χ4v) is 5.04. The molecule has 0 saturated heterocycles. The molecule has 1 aliphatic rings. The lowest BCUT2D eigenvalue weighted by molar-refractivity contribution is -0.111. The van der Waals surface area contributed by atoms with Gasteiger partial charge in [0.1, 0.15) is 11.1 Å².